The Morgan fingerprint density at radius 2 is 1.77 bits per heavy atom. The second-order valence-electron chi connectivity index (χ2n) is 7.80. The third kappa shape index (κ3) is 2.58. The number of ether oxygens (including phenoxy) is 1. The summed E-state index contributed by atoms with van der Waals surface area (Å²) in [4.78, 5) is 16.5. The van der Waals surface area contributed by atoms with Gasteiger partial charge in [-0.05, 0) is 23.3 Å². The predicted octanol–water partition coefficient (Wildman–Crippen LogP) is 3.83. The molecule has 0 amide bonds. The first-order valence-electron chi connectivity index (χ1n) is 9.59. The molecule has 0 bridgehead atoms. The summed E-state index contributed by atoms with van der Waals surface area (Å²) in [6.45, 7) is 0. The van der Waals surface area contributed by atoms with Crippen molar-refractivity contribution in [2.75, 3.05) is 0 Å². The summed E-state index contributed by atoms with van der Waals surface area (Å²) in [5.41, 5.74) is -2.50. The van der Waals surface area contributed by atoms with E-state index < -0.39 is 35.1 Å². The maximum atomic E-state index is 12.4. The number of carboxylic acid groups (broad SMARTS) is 1. The molecule has 3 aromatic rings. The Hall–Kier alpha value is -2.45. The van der Waals surface area contributed by atoms with Crippen LogP contribution in [0.4, 0.5) is 0 Å². The molecule has 0 spiro atoms. The Morgan fingerprint density at radius 1 is 1.10 bits per heavy atom. The molecule has 5 rings (SSSR count). The van der Waals surface area contributed by atoms with Crippen LogP contribution in [0.25, 0.3) is 0 Å². The normalized spacial score (nSPS) is 31.0. The molecule has 1 fully saturated rings. The van der Waals surface area contributed by atoms with E-state index in [0.29, 0.717) is 11.1 Å². The van der Waals surface area contributed by atoms with Gasteiger partial charge in [-0.2, -0.15) is 0 Å². The van der Waals surface area contributed by atoms with Gasteiger partial charge in [0.2, 0.25) is 0 Å². The first-order valence-corrected chi connectivity index (χ1v) is 10.8. The van der Waals surface area contributed by atoms with Gasteiger partial charge in [0.1, 0.15) is 11.9 Å². The molecule has 0 unspecified atom stereocenters. The molecule has 0 saturated heterocycles. The molecule has 5 atom stereocenters. The lowest BCUT2D eigenvalue weighted by molar-refractivity contribution is -0.159. The number of rotatable bonds is 3. The monoisotopic (exact) mass is 501 g/mol. The largest absolute Gasteiger partial charge is 0.481 e. The van der Waals surface area contributed by atoms with Crippen LogP contribution >= 0.6 is 27.5 Å². The lowest BCUT2D eigenvalue weighted by Crippen LogP contribution is -2.52. The highest BCUT2D eigenvalue weighted by molar-refractivity contribution is 9.10. The van der Waals surface area contributed by atoms with Crippen LogP contribution in [-0.2, 0) is 16.0 Å². The van der Waals surface area contributed by atoms with Gasteiger partial charge in [0.15, 0.2) is 11.2 Å². The Labute approximate surface area is 191 Å². The Kier molecular flexibility index (Phi) is 4.64. The first kappa shape index (κ1) is 20.5. The highest BCUT2D eigenvalue weighted by atomic mass is 79.9. The smallest absolute Gasteiger partial charge is 0.310 e. The number of fused-ring (bicyclic) bond motifs is 3. The number of halogens is 2. The molecule has 6 nitrogen and oxygen atoms in total. The first-order chi connectivity index (χ1) is 14.8. The van der Waals surface area contributed by atoms with Crippen LogP contribution in [-0.4, -0.2) is 32.4 Å². The standard InChI is InChI=1S/C23H17BrClNO5/c24-14-8-6-13(7-9-14)23-18(12-4-2-1-3-5-12)17(21(28)29)20(27)22(23,30)19-15(25)10-26-11-16(19)31-23/h1-11,17-18,20,27,30H,(H,28,29)/t17-,18-,20-,22+,23+/m1/s1. The van der Waals surface area contributed by atoms with E-state index in [4.69, 9.17) is 16.3 Å². The fourth-order valence-electron chi connectivity index (χ4n) is 5.20. The average molecular weight is 503 g/mol. The van der Waals surface area contributed by atoms with E-state index >= 15 is 0 Å². The van der Waals surface area contributed by atoms with Crippen LogP contribution in [0.5, 0.6) is 5.75 Å². The number of aliphatic hydroxyl groups is 2. The molecule has 1 saturated carbocycles. The molecule has 2 aromatic carbocycles. The number of carboxylic acids is 1. The minimum Gasteiger partial charge on any atom is -0.481 e. The van der Waals surface area contributed by atoms with Crippen molar-refractivity contribution in [3.05, 3.63) is 93.2 Å². The van der Waals surface area contributed by atoms with Crippen LogP contribution in [0.1, 0.15) is 22.6 Å². The van der Waals surface area contributed by atoms with Crippen molar-refractivity contribution in [3.63, 3.8) is 0 Å². The quantitative estimate of drug-likeness (QED) is 0.503. The third-order valence-electron chi connectivity index (χ3n) is 6.37. The van der Waals surface area contributed by atoms with Gasteiger partial charge in [0, 0.05) is 16.6 Å². The summed E-state index contributed by atoms with van der Waals surface area (Å²) in [5.74, 6) is -3.30. The van der Waals surface area contributed by atoms with E-state index in [0.717, 1.165) is 4.47 Å². The van der Waals surface area contributed by atoms with Crippen molar-refractivity contribution in [2.24, 2.45) is 5.92 Å². The predicted molar refractivity (Wildman–Crippen MR) is 116 cm³/mol. The van der Waals surface area contributed by atoms with E-state index in [-0.39, 0.29) is 16.3 Å². The Balaban J connectivity index is 1.89. The van der Waals surface area contributed by atoms with Crippen molar-refractivity contribution in [3.8, 4) is 5.75 Å². The second kappa shape index (κ2) is 7.03. The number of benzene rings is 2. The van der Waals surface area contributed by atoms with Gasteiger partial charge in [0.25, 0.3) is 0 Å². The molecule has 158 valence electrons. The Bertz CT molecular complexity index is 1170. The lowest BCUT2D eigenvalue weighted by Gasteiger charge is -2.40. The van der Waals surface area contributed by atoms with E-state index in [1.807, 2.05) is 6.07 Å². The van der Waals surface area contributed by atoms with Crippen molar-refractivity contribution in [1.29, 1.82) is 0 Å². The average Bonchev–Trinajstić information content (AvgIpc) is 3.13. The van der Waals surface area contributed by atoms with Crippen molar-refractivity contribution < 1.29 is 24.9 Å². The number of pyridine rings is 1. The van der Waals surface area contributed by atoms with Crippen LogP contribution in [0.15, 0.2) is 71.5 Å². The second-order valence-corrected chi connectivity index (χ2v) is 9.13. The number of hydrogen-bond donors (Lipinski definition) is 3. The van der Waals surface area contributed by atoms with E-state index in [2.05, 4.69) is 20.9 Å². The van der Waals surface area contributed by atoms with Crippen LogP contribution < -0.4 is 4.74 Å². The third-order valence-corrected chi connectivity index (χ3v) is 7.18. The number of nitrogens with zero attached hydrogens (tertiary/aromatic N) is 1. The minimum atomic E-state index is -2.13. The zero-order valence-corrected chi connectivity index (χ0v) is 18.3. The highest BCUT2D eigenvalue weighted by Crippen LogP contribution is 2.69. The highest BCUT2D eigenvalue weighted by Gasteiger charge is 2.78. The zero-order valence-electron chi connectivity index (χ0n) is 15.9. The zero-order chi connectivity index (χ0) is 22.0. The van der Waals surface area contributed by atoms with E-state index in [9.17, 15) is 20.1 Å². The maximum Gasteiger partial charge on any atom is 0.310 e. The molecule has 1 aliphatic carbocycles. The molecule has 0 radical (unpaired) electrons. The van der Waals surface area contributed by atoms with Crippen LogP contribution in [0.2, 0.25) is 5.02 Å². The topological polar surface area (TPSA) is 99.9 Å². The van der Waals surface area contributed by atoms with E-state index in [1.54, 1.807) is 48.5 Å². The SMILES string of the molecule is O=C(O)[C@H]1[C@@H](O)[C@@]2(O)c3c(Cl)cncc3O[C@@]2(c2ccc(Br)cc2)[C@@H]1c1ccccc1. The lowest BCUT2D eigenvalue weighted by atomic mass is 9.71. The van der Waals surface area contributed by atoms with Gasteiger partial charge in [-0.15, -0.1) is 0 Å². The van der Waals surface area contributed by atoms with Gasteiger partial charge < -0.3 is 20.1 Å². The van der Waals surface area contributed by atoms with Crippen molar-refractivity contribution in [2.45, 2.75) is 23.2 Å². The van der Waals surface area contributed by atoms with E-state index in [1.165, 1.54) is 12.4 Å². The Morgan fingerprint density at radius 3 is 2.42 bits per heavy atom. The number of hydrogen-bond acceptors (Lipinski definition) is 5. The summed E-state index contributed by atoms with van der Waals surface area (Å²) in [6.07, 6.45) is 1.07. The van der Waals surface area contributed by atoms with Crippen LogP contribution in [0, 0.1) is 5.92 Å². The molecule has 2 heterocycles. The van der Waals surface area contributed by atoms with Crippen molar-refractivity contribution >= 4 is 33.5 Å². The molecular formula is C23H17BrClNO5. The molecule has 31 heavy (non-hydrogen) atoms. The van der Waals surface area contributed by atoms with Gasteiger partial charge in [0.05, 0.1) is 22.7 Å². The number of aromatic nitrogens is 1. The molecule has 8 heteroatoms. The van der Waals surface area contributed by atoms with Gasteiger partial charge >= 0.3 is 5.97 Å². The summed E-state index contributed by atoms with van der Waals surface area (Å²) in [6, 6.07) is 16.0. The molecular weight excluding hydrogens is 486 g/mol. The van der Waals surface area contributed by atoms with Gasteiger partial charge in [-0.25, -0.2) is 0 Å². The number of carbonyl (C=O) groups is 1. The molecule has 3 N–H and O–H groups in total. The summed E-state index contributed by atoms with van der Waals surface area (Å²) in [7, 11) is 0. The maximum absolute atomic E-state index is 12.4. The summed E-state index contributed by atoms with van der Waals surface area (Å²) in [5, 5.41) is 33.8. The minimum absolute atomic E-state index is 0.0934. The molecule has 2 aliphatic rings. The number of aliphatic hydroxyl groups excluding tert-OH is 1. The summed E-state index contributed by atoms with van der Waals surface area (Å²) >= 11 is 9.83. The molecule has 1 aliphatic heterocycles. The van der Waals surface area contributed by atoms with Gasteiger partial charge in [-0.1, -0.05) is 70.0 Å². The summed E-state index contributed by atoms with van der Waals surface area (Å²) < 4.78 is 7.21. The molecule has 1 aromatic heterocycles. The van der Waals surface area contributed by atoms with Gasteiger partial charge in [-0.3, -0.25) is 9.78 Å². The fourth-order valence-corrected chi connectivity index (χ4v) is 5.76. The fraction of sp³-hybridized carbons (Fsp3) is 0.217. The number of aliphatic carboxylic acids is 1. The van der Waals surface area contributed by atoms with Crippen molar-refractivity contribution in [1.82, 2.24) is 4.98 Å². The van der Waals surface area contributed by atoms with Crippen LogP contribution in [0.3, 0.4) is 0 Å².